The van der Waals surface area contributed by atoms with Crippen molar-refractivity contribution in [3.05, 3.63) is 35.9 Å². The average molecular weight is 254 g/mol. The van der Waals surface area contributed by atoms with Crippen LogP contribution in [0.2, 0.25) is 0 Å². The molecule has 0 aliphatic carbocycles. The van der Waals surface area contributed by atoms with E-state index in [0.29, 0.717) is 5.56 Å². The molecule has 2 unspecified atom stereocenters. The zero-order valence-corrected chi connectivity index (χ0v) is 11.5. The Balaban J connectivity index is 0. The molecule has 0 amide bonds. The number of rotatable bonds is 4. The van der Waals surface area contributed by atoms with E-state index in [1.54, 1.807) is 18.2 Å². The van der Waals surface area contributed by atoms with Gasteiger partial charge in [0, 0.05) is 0 Å². The van der Waals surface area contributed by atoms with Gasteiger partial charge in [0.25, 0.3) is 10.1 Å². The van der Waals surface area contributed by atoms with E-state index in [2.05, 4.69) is 0 Å². The largest absolute Gasteiger partial charge is 1.00 e. The maximum atomic E-state index is 10.7. The minimum Gasteiger partial charge on any atom is -1.00 e. The molecule has 1 rings (SSSR count). The Bertz CT molecular complexity index is 436. The molecular formula is C9H11NaO5S. The Kier molecular flexibility index (Phi) is 6.39. The molecular weight excluding hydrogens is 243 g/mol. The predicted octanol–water partition coefficient (Wildman–Crippen LogP) is -2.71. The van der Waals surface area contributed by atoms with Crippen molar-refractivity contribution >= 4 is 16.4 Å². The first-order valence-corrected chi connectivity index (χ1v) is 5.61. The van der Waals surface area contributed by atoms with E-state index in [9.17, 15) is 18.3 Å². The van der Waals surface area contributed by atoms with Gasteiger partial charge in [0.15, 0.2) is 5.44 Å². The van der Waals surface area contributed by atoms with E-state index >= 15 is 0 Å². The zero-order valence-electron chi connectivity index (χ0n) is 9.65. The molecule has 2 N–H and O–H groups in total. The van der Waals surface area contributed by atoms with Crippen molar-refractivity contribution in [2.75, 3.05) is 0 Å². The summed E-state index contributed by atoms with van der Waals surface area (Å²) in [5.41, 5.74) is -1.80. The third-order valence-electron chi connectivity index (χ3n) is 1.94. The summed E-state index contributed by atoms with van der Waals surface area (Å²) in [7, 11) is -4.64. The van der Waals surface area contributed by atoms with Gasteiger partial charge in [0.05, 0.1) is 5.92 Å². The second-order valence-electron chi connectivity index (χ2n) is 2.98. The van der Waals surface area contributed by atoms with E-state index in [1.165, 1.54) is 12.1 Å². The number of benzene rings is 1. The third kappa shape index (κ3) is 3.97. The average Bonchev–Trinajstić information content (AvgIpc) is 2.19. The molecule has 0 aliphatic heterocycles. The standard InChI is InChI=1S/C9H10O5S.Na.H/c10-6-8(9(11)15(12,13)14)7-4-2-1-3-5-7;;/h1-6,8-9,11H,(H,12,13,14);;/q;+1;-1. The summed E-state index contributed by atoms with van der Waals surface area (Å²) in [5.74, 6) is -1.28. The predicted molar refractivity (Wildman–Crippen MR) is 53.9 cm³/mol. The number of carbonyl (C=O) groups excluding carboxylic acids is 1. The molecule has 1 aromatic carbocycles. The van der Waals surface area contributed by atoms with Gasteiger partial charge in [-0.05, 0) is 5.56 Å². The smallest absolute Gasteiger partial charge is 1.00 e. The SMILES string of the molecule is O=CC(c1ccccc1)C(O)S(=O)(=O)O.[H-].[Na+]. The Labute approximate surface area is 117 Å². The maximum Gasteiger partial charge on any atom is 1.00 e. The van der Waals surface area contributed by atoms with Crippen molar-refractivity contribution in [1.29, 1.82) is 0 Å². The molecule has 0 radical (unpaired) electrons. The summed E-state index contributed by atoms with van der Waals surface area (Å²) in [4.78, 5) is 10.7. The number of hydrogen-bond acceptors (Lipinski definition) is 4. The Morgan fingerprint density at radius 2 is 1.75 bits per heavy atom. The molecule has 0 saturated carbocycles. The van der Waals surface area contributed by atoms with Crippen molar-refractivity contribution in [3.63, 3.8) is 0 Å². The maximum absolute atomic E-state index is 10.7. The quantitative estimate of drug-likeness (QED) is 0.346. The van der Waals surface area contributed by atoms with Crippen LogP contribution in [-0.2, 0) is 14.9 Å². The molecule has 0 bridgehead atoms. The van der Waals surface area contributed by atoms with E-state index in [-0.39, 0.29) is 37.3 Å². The summed E-state index contributed by atoms with van der Waals surface area (Å²) < 4.78 is 29.9. The van der Waals surface area contributed by atoms with Crippen molar-refractivity contribution in [1.82, 2.24) is 0 Å². The fraction of sp³-hybridized carbons (Fsp3) is 0.222. The first kappa shape index (κ1) is 15.8. The molecule has 84 valence electrons. The van der Waals surface area contributed by atoms with Crippen molar-refractivity contribution < 1.29 is 53.9 Å². The number of aliphatic hydroxyl groups excluding tert-OH is 1. The summed E-state index contributed by atoms with van der Waals surface area (Å²) in [6, 6.07) is 7.87. The molecule has 5 nitrogen and oxygen atoms in total. The molecule has 0 aliphatic rings. The van der Waals surface area contributed by atoms with Crippen LogP contribution >= 0.6 is 0 Å². The molecule has 2 atom stereocenters. The monoisotopic (exact) mass is 254 g/mol. The van der Waals surface area contributed by atoms with Gasteiger partial charge in [-0.15, -0.1) is 0 Å². The molecule has 0 saturated heterocycles. The molecule has 0 aromatic heterocycles. The summed E-state index contributed by atoms with van der Waals surface area (Å²) >= 11 is 0. The van der Waals surface area contributed by atoms with Crippen LogP contribution in [0.3, 0.4) is 0 Å². The first-order valence-electron chi connectivity index (χ1n) is 4.11. The number of hydrogen-bond donors (Lipinski definition) is 2. The van der Waals surface area contributed by atoms with Gasteiger partial charge < -0.3 is 11.3 Å². The van der Waals surface area contributed by atoms with Gasteiger partial charge in [-0.25, -0.2) is 0 Å². The molecule has 16 heavy (non-hydrogen) atoms. The van der Waals surface area contributed by atoms with Crippen LogP contribution in [0.1, 0.15) is 12.9 Å². The number of aldehydes is 1. The fourth-order valence-electron chi connectivity index (χ4n) is 1.17. The number of carbonyl (C=O) groups is 1. The molecule has 7 heteroatoms. The Morgan fingerprint density at radius 3 is 2.12 bits per heavy atom. The van der Waals surface area contributed by atoms with Crippen LogP contribution in [0.5, 0.6) is 0 Å². The molecule has 1 aromatic rings. The molecule has 0 spiro atoms. The van der Waals surface area contributed by atoms with Crippen molar-refractivity contribution in [3.8, 4) is 0 Å². The summed E-state index contributed by atoms with van der Waals surface area (Å²) in [6.45, 7) is 0. The van der Waals surface area contributed by atoms with Crippen LogP contribution in [0.15, 0.2) is 30.3 Å². The second-order valence-corrected chi connectivity index (χ2v) is 4.49. The molecule has 0 fully saturated rings. The van der Waals surface area contributed by atoms with E-state index in [4.69, 9.17) is 4.55 Å². The van der Waals surface area contributed by atoms with Crippen LogP contribution < -0.4 is 29.6 Å². The first-order chi connectivity index (χ1) is 6.96. The van der Waals surface area contributed by atoms with E-state index in [1.807, 2.05) is 0 Å². The van der Waals surface area contributed by atoms with Gasteiger partial charge in [-0.1, -0.05) is 30.3 Å². The third-order valence-corrected chi connectivity index (χ3v) is 2.85. The Hall–Kier alpha value is -0.240. The minimum atomic E-state index is -4.64. The fourth-order valence-corrected chi connectivity index (χ4v) is 1.76. The van der Waals surface area contributed by atoms with Gasteiger partial charge in [-0.2, -0.15) is 8.42 Å². The minimum absolute atomic E-state index is 0. The van der Waals surface area contributed by atoms with E-state index < -0.39 is 21.5 Å². The topological polar surface area (TPSA) is 91.7 Å². The van der Waals surface area contributed by atoms with Crippen LogP contribution in [-0.4, -0.2) is 29.8 Å². The zero-order chi connectivity index (χ0) is 11.5. The van der Waals surface area contributed by atoms with Crippen molar-refractivity contribution in [2.24, 2.45) is 0 Å². The van der Waals surface area contributed by atoms with Crippen molar-refractivity contribution in [2.45, 2.75) is 11.4 Å². The summed E-state index contributed by atoms with van der Waals surface area (Å²) in [6.07, 6.45) is 0.285. The normalized spacial score (nSPS) is 14.6. The van der Waals surface area contributed by atoms with Gasteiger partial charge in [-0.3, -0.25) is 4.55 Å². The van der Waals surface area contributed by atoms with Gasteiger partial charge >= 0.3 is 29.6 Å². The van der Waals surface area contributed by atoms with Crippen LogP contribution in [0, 0.1) is 0 Å². The Morgan fingerprint density at radius 1 is 1.25 bits per heavy atom. The van der Waals surface area contributed by atoms with Gasteiger partial charge in [0.1, 0.15) is 6.29 Å². The number of aliphatic hydroxyl groups is 1. The van der Waals surface area contributed by atoms with Crippen LogP contribution in [0.4, 0.5) is 0 Å². The second kappa shape index (κ2) is 6.48. The van der Waals surface area contributed by atoms with Gasteiger partial charge in [0.2, 0.25) is 0 Å². The van der Waals surface area contributed by atoms with Crippen LogP contribution in [0.25, 0.3) is 0 Å². The van der Waals surface area contributed by atoms with E-state index in [0.717, 1.165) is 0 Å². The molecule has 0 heterocycles. The summed E-state index contributed by atoms with van der Waals surface area (Å²) in [5, 5.41) is 9.23.